The van der Waals surface area contributed by atoms with Gasteiger partial charge in [0.15, 0.2) is 12.4 Å². The number of carbonyl (C=O) groups excluding carboxylic acids is 4. The number of rotatable bonds is 11. The molecule has 0 bridgehead atoms. The molecule has 10 heteroatoms. The van der Waals surface area contributed by atoms with E-state index in [1.54, 1.807) is 42.5 Å². The molecule has 3 rings (SSSR count). The van der Waals surface area contributed by atoms with Crippen LogP contribution in [0.1, 0.15) is 21.7 Å². The SMILES string of the molecule is COc1ccc(C)cc1NC(=O)CNC(=O)COC(=O)[C@H](Cc1ccccc1)NC(=O)c1ccco1. The number of carbonyl (C=O) groups is 4. The molecule has 3 N–H and O–H groups in total. The zero-order chi connectivity index (χ0) is 25.9. The molecular formula is C26H27N3O7. The fraction of sp³-hybridized carbons (Fsp3) is 0.231. The molecular weight excluding hydrogens is 466 g/mol. The van der Waals surface area contributed by atoms with Crippen molar-refractivity contribution in [2.24, 2.45) is 0 Å². The lowest BCUT2D eigenvalue weighted by Crippen LogP contribution is -2.44. The van der Waals surface area contributed by atoms with Crippen LogP contribution in [0.4, 0.5) is 5.69 Å². The summed E-state index contributed by atoms with van der Waals surface area (Å²) >= 11 is 0. The van der Waals surface area contributed by atoms with Crippen LogP contribution < -0.4 is 20.7 Å². The summed E-state index contributed by atoms with van der Waals surface area (Å²) in [4.78, 5) is 49.5. The molecule has 36 heavy (non-hydrogen) atoms. The molecule has 0 spiro atoms. The predicted molar refractivity (Wildman–Crippen MR) is 130 cm³/mol. The molecule has 188 valence electrons. The molecule has 1 aromatic heterocycles. The third kappa shape index (κ3) is 7.73. The average Bonchev–Trinajstić information content (AvgIpc) is 3.42. The molecule has 0 aliphatic rings. The van der Waals surface area contributed by atoms with E-state index in [0.717, 1.165) is 11.1 Å². The normalized spacial score (nSPS) is 11.2. The van der Waals surface area contributed by atoms with Gasteiger partial charge in [0, 0.05) is 6.42 Å². The van der Waals surface area contributed by atoms with Crippen molar-refractivity contribution >= 4 is 29.4 Å². The zero-order valence-corrected chi connectivity index (χ0v) is 19.9. The topological polar surface area (TPSA) is 136 Å². The Bertz CT molecular complexity index is 1190. The Morgan fingerprint density at radius 2 is 1.75 bits per heavy atom. The summed E-state index contributed by atoms with van der Waals surface area (Å²) in [6, 6.07) is 16.3. The lowest BCUT2D eigenvalue weighted by atomic mass is 10.1. The van der Waals surface area contributed by atoms with E-state index in [9.17, 15) is 19.2 Å². The second-order valence-electron chi connectivity index (χ2n) is 7.83. The van der Waals surface area contributed by atoms with Crippen LogP contribution in [0.25, 0.3) is 0 Å². The first kappa shape index (κ1) is 26.0. The fourth-order valence-corrected chi connectivity index (χ4v) is 3.26. The second-order valence-corrected chi connectivity index (χ2v) is 7.83. The largest absolute Gasteiger partial charge is 0.495 e. The van der Waals surface area contributed by atoms with Crippen molar-refractivity contribution in [2.45, 2.75) is 19.4 Å². The van der Waals surface area contributed by atoms with E-state index in [1.165, 1.54) is 19.4 Å². The minimum atomic E-state index is -1.06. The monoisotopic (exact) mass is 493 g/mol. The maximum absolute atomic E-state index is 12.7. The average molecular weight is 494 g/mol. The Morgan fingerprint density at radius 1 is 0.972 bits per heavy atom. The van der Waals surface area contributed by atoms with Gasteiger partial charge < -0.3 is 29.8 Å². The quantitative estimate of drug-likeness (QED) is 0.349. The van der Waals surface area contributed by atoms with Crippen molar-refractivity contribution < 1.29 is 33.1 Å². The first-order valence-corrected chi connectivity index (χ1v) is 11.1. The Hall–Kier alpha value is -4.60. The van der Waals surface area contributed by atoms with E-state index in [2.05, 4.69) is 16.0 Å². The molecule has 3 aromatic rings. The second kappa shape index (κ2) is 12.7. The maximum Gasteiger partial charge on any atom is 0.329 e. The van der Waals surface area contributed by atoms with Gasteiger partial charge in [-0.3, -0.25) is 14.4 Å². The standard InChI is InChI=1S/C26H27N3O7/c1-17-10-11-21(34-2)19(13-17)28-23(30)15-27-24(31)16-36-26(33)20(14-18-7-4-3-5-8-18)29-25(32)22-9-6-12-35-22/h3-13,20H,14-16H2,1-2H3,(H,27,31)(H,28,30)(H,29,32)/t20-/m0/s1. The van der Waals surface area contributed by atoms with Crippen LogP contribution in [0.2, 0.25) is 0 Å². The van der Waals surface area contributed by atoms with Gasteiger partial charge in [-0.15, -0.1) is 0 Å². The van der Waals surface area contributed by atoms with Gasteiger partial charge in [-0.2, -0.15) is 0 Å². The number of esters is 1. The lowest BCUT2D eigenvalue weighted by molar-refractivity contribution is -0.150. The molecule has 0 aliphatic heterocycles. The van der Waals surface area contributed by atoms with Crippen LogP contribution >= 0.6 is 0 Å². The fourth-order valence-electron chi connectivity index (χ4n) is 3.26. The van der Waals surface area contributed by atoms with Gasteiger partial charge in [0.1, 0.15) is 11.8 Å². The summed E-state index contributed by atoms with van der Waals surface area (Å²) in [5.74, 6) is -2.03. The molecule has 3 amide bonds. The molecule has 0 saturated carbocycles. The number of furan rings is 1. The number of anilines is 1. The van der Waals surface area contributed by atoms with Crippen molar-refractivity contribution in [3.05, 3.63) is 83.8 Å². The van der Waals surface area contributed by atoms with Gasteiger partial charge in [-0.05, 0) is 42.3 Å². The third-order valence-corrected chi connectivity index (χ3v) is 5.04. The van der Waals surface area contributed by atoms with E-state index in [-0.39, 0.29) is 18.7 Å². The number of nitrogens with one attached hydrogen (secondary N) is 3. The van der Waals surface area contributed by atoms with Crippen LogP contribution in [0, 0.1) is 6.92 Å². The van der Waals surface area contributed by atoms with Gasteiger partial charge in [-0.1, -0.05) is 36.4 Å². The molecule has 1 atom stereocenters. The number of hydrogen-bond acceptors (Lipinski definition) is 7. The number of methoxy groups -OCH3 is 1. The van der Waals surface area contributed by atoms with E-state index in [0.29, 0.717) is 11.4 Å². The number of benzene rings is 2. The summed E-state index contributed by atoms with van der Waals surface area (Å²) in [7, 11) is 1.48. The zero-order valence-electron chi connectivity index (χ0n) is 19.9. The molecule has 2 aromatic carbocycles. The predicted octanol–water partition coefficient (Wildman–Crippen LogP) is 2.24. The molecule has 0 fully saturated rings. The molecule has 0 unspecified atom stereocenters. The minimum Gasteiger partial charge on any atom is -0.495 e. The highest BCUT2D eigenvalue weighted by molar-refractivity contribution is 5.96. The smallest absolute Gasteiger partial charge is 0.329 e. The third-order valence-electron chi connectivity index (χ3n) is 5.04. The molecule has 0 radical (unpaired) electrons. The number of hydrogen-bond donors (Lipinski definition) is 3. The maximum atomic E-state index is 12.7. The Labute approximate surface area is 208 Å². The number of amides is 3. The van der Waals surface area contributed by atoms with Gasteiger partial charge in [0.2, 0.25) is 5.91 Å². The van der Waals surface area contributed by atoms with Crippen molar-refractivity contribution in [1.82, 2.24) is 10.6 Å². The highest BCUT2D eigenvalue weighted by atomic mass is 16.5. The first-order valence-electron chi connectivity index (χ1n) is 11.1. The van der Waals surface area contributed by atoms with Crippen molar-refractivity contribution in [2.75, 3.05) is 25.6 Å². The molecule has 0 aliphatic carbocycles. The van der Waals surface area contributed by atoms with E-state index in [4.69, 9.17) is 13.9 Å². The minimum absolute atomic E-state index is 0.0369. The Kier molecular flexibility index (Phi) is 9.21. The van der Waals surface area contributed by atoms with Gasteiger partial charge in [-0.25, -0.2) is 4.79 Å². The van der Waals surface area contributed by atoms with Crippen LogP contribution in [0.5, 0.6) is 5.75 Å². The summed E-state index contributed by atoms with van der Waals surface area (Å²) in [5, 5.41) is 7.62. The highest BCUT2D eigenvalue weighted by Crippen LogP contribution is 2.24. The van der Waals surface area contributed by atoms with Gasteiger partial charge in [0.05, 0.1) is 25.6 Å². The summed E-state index contributed by atoms with van der Waals surface area (Å²) in [5.41, 5.74) is 2.18. The number of aryl methyl sites for hydroxylation is 1. The molecule has 10 nitrogen and oxygen atoms in total. The first-order chi connectivity index (χ1) is 17.4. The summed E-state index contributed by atoms with van der Waals surface area (Å²) in [6.45, 7) is 0.908. The summed E-state index contributed by atoms with van der Waals surface area (Å²) < 4.78 is 15.4. The molecule has 1 heterocycles. The van der Waals surface area contributed by atoms with E-state index >= 15 is 0 Å². The van der Waals surface area contributed by atoms with Crippen molar-refractivity contribution in [3.8, 4) is 5.75 Å². The van der Waals surface area contributed by atoms with Crippen LogP contribution in [-0.4, -0.2) is 50.0 Å². The Morgan fingerprint density at radius 3 is 2.44 bits per heavy atom. The van der Waals surface area contributed by atoms with E-state index < -0.39 is 36.3 Å². The van der Waals surface area contributed by atoms with Crippen molar-refractivity contribution in [1.29, 1.82) is 0 Å². The highest BCUT2D eigenvalue weighted by Gasteiger charge is 2.25. The molecule has 0 saturated heterocycles. The van der Waals surface area contributed by atoms with Gasteiger partial charge in [0.25, 0.3) is 11.8 Å². The van der Waals surface area contributed by atoms with Crippen LogP contribution in [0.3, 0.4) is 0 Å². The van der Waals surface area contributed by atoms with Crippen molar-refractivity contribution in [3.63, 3.8) is 0 Å². The Balaban J connectivity index is 1.52. The lowest BCUT2D eigenvalue weighted by Gasteiger charge is -2.17. The van der Waals surface area contributed by atoms with Crippen LogP contribution in [-0.2, 0) is 25.5 Å². The van der Waals surface area contributed by atoms with Gasteiger partial charge >= 0.3 is 5.97 Å². The summed E-state index contributed by atoms with van der Waals surface area (Å²) in [6.07, 6.45) is 1.49. The van der Waals surface area contributed by atoms with Crippen LogP contribution in [0.15, 0.2) is 71.3 Å². The number of ether oxygens (including phenoxy) is 2. The van der Waals surface area contributed by atoms with E-state index in [1.807, 2.05) is 19.1 Å².